The molecule has 0 unspecified atom stereocenters. The molecule has 0 heterocycles. The summed E-state index contributed by atoms with van der Waals surface area (Å²) in [5, 5.41) is 10.9. The molecule has 1 amide bonds. The Bertz CT molecular complexity index is 719. The van der Waals surface area contributed by atoms with E-state index in [2.05, 4.69) is 14.8 Å². The Hall–Kier alpha value is -2.34. The van der Waals surface area contributed by atoms with Crippen LogP contribution in [-0.2, 0) is 19.6 Å². The Morgan fingerprint density at radius 1 is 1.08 bits per heavy atom. The predicted octanol–water partition coefficient (Wildman–Crippen LogP) is 1.23. The molecule has 1 aromatic carbocycles. The molecule has 0 bridgehead atoms. The third-order valence-corrected chi connectivity index (χ3v) is 4.38. The molecule has 0 spiro atoms. The molecule has 0 aliphatic heterocycles. The van der Waals surface area contributed by atoms with Crippen LogP contribution in [0.2, 0.25) is 0 Å². The van der Waals surface area contributed by atoms with Gasteiger partial charge in [0.15, 0.2) is 0 Å². The van der Waals surface area contributed by atoms with E-state index in [1.165, 1.54) is 0 Å². The van der Waals surface area contributed by atoms with Crippen molar-refractivity contribution >= 4 is 21.9 Å². The van der Waals surface area contributed by atoms with E-state index in [0.29, 0.717) is 0 Å². The van der Waals surface area contributed by atoms with Crippen LogP contribution in [0.3, 0.4) is 0 Å². The second-order valence-electron chi connectivity index (χ2n) is 5.01. The van der Waals surface area contributed by atoms with Gasteiger partial charge in [-0.15, -0.1) is 13.2 Å². The number of hydrogen-bond donors (Lipinski definition) is 3. The first-order valence-corrected chi connectivity index (χ1v) is 8.82. The molecule has 0 saturated carbocycles. The Balaban J connectivity index is 2.44. The highest BCUT2D eigenvalue weighted by Gasteiger charge is 2.31. The maximum absolute atomic E-state index is 12.0. The average molecular weight is 398 g/mol. The number of alkyl halides is 3. The van der Waals surface area contributed by atoms with Gasteiger partial charge in [0, 0.05) is 25.9 Å². The number of carbonyl (C=O) groups excluding carboxylic acids is 1. The van der Waals surface area contributed by atoms with E-state index in [9.17, 15) is 31.2 Å². The number of ether oxygens (including phenoxy) is 1. The molecule has 3 N–H and O–H groups in total. The minimum Gasteiger partial charge on any atom is -0.481 e. The lowest BCUT2D eigenvalue weighted by Crippen LogP contribution is -2.31. The van der Waals surface area contributed by atoms with Crippen LogP contribution < -0.4 is 14.8 Å². The topological polar surface area (TPSA) is 122 Å². The number of rotatable bonds is 10. The van der Waals surface area contributed by atoms with Crippen molar-refractivity contribution in [3.05, 3.63) is 24.3 Å². The van der Waals surface area contributed by atoms with E-state index in [1.54, 1.807) is 0 Å². The Morgan fingerprint density at radius 3 is 2.23 bits per heavy atom. The van der Waals surface area contributed by atoms with Gasteiger partial charge in [-0.3, -0.25) is 9.59 Å². The summed E-state index contributed by atoms with van der Waals surface area (Å²) in [6.07, 6.45) is -4.90. The zero-order valence-corrected chi connectivity index (χ0v) is 14.2. The molecule has 8 nitrogen and oxygen atoms in total. The summed E-state index contributed by atoms with van der Waals surface area (Å²) >= 11 is 0. The van der Waals surface area contributed by atoms with Crippen molar-refractivity contribution in [2.75, 3.05) is 13.1 Å². The Morgan fingerprint density at radius 2 is 1.69 bits per heavy atom. The van der Waals surface area contributed by atoms with Crippen molar-refractivity contribution < 1.29 is 41.0 Å². The molecule has 146 valence electrons. The fraction of sp³-hybridized carbons (Fsp3) is 0.429. The van der Waals surface area contributed by atoms with Crippen LogP contribution >= 0.6 is 0 Å². The van der Waals surface area contributed by atoms with Crippen LogP contribution in [0.4, 0.5) is 13.2 Å². The summed E-state index contributed by atoms with van der Waals surface area (Å²) in [5.41, 5.74) is 0. The van der Waals surface area contributed by atoms with Crippen LogP contribution in [0.25, 0.3) is 0 Å². The van der Waals surface area contributed by atoms with Gasteiger partial charge in [-0.05, 0) is 30.7 Å². The largest absolute Gasteiger partial charge is 0.573 e. The summed E-state index contributed by atoms with van der Waals surface area (Å²) in [7, 11) is -4.00. The monoisotopic (exact) mass is 398 g/mol. The number of nitrogens with one attached hydrogen (secondary N) is 2. The van der Waals surface area contributed by atoms with Crippen molar-refractivity contribution in [1.82, 2.24) is 10.0 Å². The first-order valence-electron chi connectivity index (χ1n) is 7.33. The van der Waals surface area contributed by atoms with Crippen LogP contribution in [0.15, 0.2) is 29.2 Å². The minimum absolute atomic E-state index is 0.0963. The molecule has 0 aliphatic rings. The second kappa shape index (κ2) is 9.38. The first-order chi connectivity index (χ1) is 12.0. The second-order valence-corrected chi connectivity index (χ2v) is 6.78. The first kappa shape index (κ1) is 21.7. The highest BCUT2D eigenvalue weighted by Crippen LogP contribution is 2.23. The van der Waals surface area contributed by atoms with Gasteiger partial charge in [0.25, 0.3) is 0 Å². The molecular formula is C14H17F3N2O6S. The number of halogens is 3. The van der Waals surface area contributed by atoms with E-state index in [-0.39, 0.29) is 37.2 Å². The number of hydrogen-bond acceptors (Lipinski definition) is 5. The molecule has 0 atom stereocenters. The van der Waals surface area contributed by atoms with E-state index >= 15 is 0 Å². The standard InChI is InChI=1S/C14H17F3N2O6S/c15-14(16,17)25-10-3-5-11(6-4-10)26(23,24)19-9-7-12(20)18-8-1-2-13(21)22/h3-6,19H,1-2,7-9H2,(H,18,20)(H,21,22). The van der Waals surface area contributed by atoms with Crippen LogP contribution in [-0.4, -0.2) is 44.9 Å². The molecule has 0 fully saturated rings. The summed E-state index contributed by atoms with van der Waals surface area (Å²) in [5.74, 6) is -2.01. The molecule has 0 radical (unpaired) electrons. The van der Waals surface area contributed by atoms with Crippen LogP contribution in [0, 0.1) is 0 Å². The zero-order chi connectivity index (χ0) is 19.8. The lowest BCUT2D eigenvalue weighted by molar-refractivity contribution is -0.274. The quantitative estimate of drug-likeness (QED) is 0.510. The van der Waals surface area contributed by atoms with E-state index < -0.39 is 34.0 Å². The van der Waals surface area contributed by atoms with Gasteiger partial charge in [-0.1, -0.05) is 0 Å². The highest BCUT2D eigenvalue weighted by molar-refractivity contribution is 7.89. The average Bonchev–Trinajstić information content (AvgIpc) is 2.50. The molecule has 12 heteroatoms. The van der Waals surface area contributed by atoms with Gasteiger partial charge in [0.1, 0.15) is 5.75 Å². The Kier molecular flexibility index (Phi) is 7.83. The number of sulfonamides is 1. The van der Waals surface area contributed by atoms with Crippen LogP contribution in [0.1, 0.15) is 19.3 Å². The van der Waals surface area contributed by atoms with Crippen molar-refractivity contribution in [3.63, 3.8) is 0 Å². The molecule has 1 aromatic rings. The summed E-state index contributed by atoms with van der Waals surface area (Å²) in [6.45, 7) is -0.0769. The number of carbonyl (C=O) groups is 2. The molecule has 0 aliphatic carbocycles. The fourth-order valence-corrected chi connectivity index (χ4v) is 2.79. The van der Waals surface area contributed by atoms with E-state index in [1.807, 2.05) is 0 Å². The summed E-state index contributed by atoms with van der Waals surface area (Å²) in [4.78, 5) is 21.5. The number of amides is 1. The number of benzene rings is 1. The predicted molar refractivity (Wildman–Crippen MR) is 82.8 cm³/mol. The fourth-order valence-electron chi connectivity index (χ4n) is 1.76. The number of aliphatic carboxylic acids is 1. The molecule has 26 heavy (non-hydrogen) atoms. The number of carboxylic acid groups (broad SMARTS) is 1. The smallest absolute Gasteiger partial charge is 0.481 e. The zero-order valence-electron chi connectivity index (χ0n) is 13.4. The minimum atomic E-state index is -4.88. The van der Waals surface area contributed by atoms with Gasteiger partial charge in [0.2, 0.25) is 15.9 Å². The maximum Gasteiger partial charge on any atom is 0.573 e. The van der Waals surface area contributed by atoms with Crippen molar-refractivity contribution in [2.45, 2.75) is 30.5 Å². The molecule has 0 saturated heterocycles. The van der Waals surface area contributed by atoms with E-state index in [4.69, 9.17) is 5.11 Å². The molecule has 1 rings (SSSR count). The van der Waals surface area contributed by atoms with E-state index in [0.717, 1.165) is 24.3 Å². The van der Waals surface area contributed by atoms with Gasteiger partial charge >= 0.3 is 12.3 Å². The summed E-state index contributed by atoms with van der Waals surface area (Å²) in [6, 6.07) is 3.60. The SMILES string of the molecule is O=C(O)CCCNC(=O)CCNS(=O)(=O)c1ccc(OC(F)(F)F)cc1. The van der Waals surface area contributed by atoms with Crippen molar-refractivity contribution in [3.8, 4) is 5.75 Å². The third kappa shape index (κ3) is 8.67. The van der Waals surface area contributed by atoms with Gasteiger partial charge in [-0.2, -0.15) is 0 Å². The van der Waals surface area contributed by atoms with Gasteiger partial charge in [-0.25, -0.2) is 13.1 Å². The molecular weight excluding hydrogens is 381 g/mol. The maximum atomic E-state index is 12.0. The van der Waals surface area contributed by atoms with Crippen molar-refractivity contribution in [2.24, 2.45) is 0 Å². The highest BCUT2D eigenvalue weighted by atomic mass is 32.2. The van der Waals surface area contributed by atoms with Crippen molar-refractivity contribution in [1.29, 1.82) is 0 Å². The molecule has 0 aromatic heterocycles. The van der Waals surface area contributed by atoms with Crippen LogP contribution in [0.5, 0.6) is 5.75 Å². The van der Waals surface area contributed by atoms with Gasteiger partial charge in [0.05, 0.1) is 4.90 Å². The summed E-state index contributed by atoms with van der Waals surface area (Å²) < 4.78 is 65.9. The normalized spacial score (nSPS) is 11.8. The number of carboxylic acids is 1. The van der Waals surface area contributed by atoms with Gasteiger partial charge < -0.3 is 15.2 Å². The third-order valence-electron chi connectivity index (χ3n) is 2.90. The Labute approximate surface area is 147 Å². The lowest BCUT2D eigenvalue weighted by atomic mass is 10.3. The lowest BCUT2D eigenvalue weighted by Gasteiger charge is -2.10.